The van der Waals surface area contributed by atoms with Crippen molar-refractivity contribution in [1.29, 1.82) is 0 Å². The number of carbonyl (C=O) groups excluding carboxylic acids is 1. The molecule has 5 heteroatoms. The third kappa shape index (κ3) is 3.42. The van der Waals surface area contributed by atoms with Crippen molar-refractivity contribution >= 4 is 11.6 Å². The topological polar surface area (TPSA) is 50.8 Å². The number of amides is 1. The number of hydrogen-bond acceptors (Lipinski definition) is 4. The van der Waals surface area contributed by atoms with Crippen molar-refractivity contribution in [2.24, 2.45) is 0 Å². The van der Waals surface area contributed by atoms with Gasteiger partial charge in [-0.2, -0.15) is 0 Å². The van der Waals surface area contributed by atoms with Gasteiger partial charge in [0.2, 0.25) is 5.91 Å². The molecule has 0 radical (unpaired) electrons. The molecule has 1 N–H and O–H groups in total. The molecule has 3 rings (SSSR count). The summed E-state index contributed by atoms with van der Waals surface area (Å²) >= 11 is 0. The molecule has 2 heterocycles. The van der Waals surface area contributed by atoms with E-state index in [-0.39, 0.29) is 17.6 Å². The second-order valence-electron chi connectivity index (χ2n) is 6.78. The summed E-state index contributed by atoms with van der Waals surface area (Å²) in [7, 11) is 1.73. The number of hydrogen-bond donors (Lipinski definition) is 1. The minimum Gasteiger partial charge on any atom is -0.377 e. The number of carbonyl (C=O) groups is 1. The van der Waals surface area contributed by atoms with Gasteiger partial charge in [-0.25, -0.2) is 0 Å². The number of anilines is 1. The molecule has 2 aliphatic heterocycles. The minimum absolute atomic E-state index is 0.0172. The van der Waals surface area contributed by atoms with Crippen molar-refractivity contribution < 1.29 is 14.3 Å². The number of nitrogens with one attached hydrogen (secondary N) is 1. The van der Waals surface area contributed by atoms with Crippen LogP contribution in [0.2, 0.25) is 0 Å². The van der Waals surface area contributed by atoms with Crippen LogP contribution in [0, 0.1) is 13.8 Å². The van der Waals surface area contributed by atoms with Crippen molar-refractivity contribution in [2.75, 3.05) is 38.7 Å². The highest BCUT2D eigenvalue weighted by molar-refractivity contribution is 5.93. The quantitative estimate of drug-likeness (QED) is 0.924. The number of ether oxygens (including phenoxy) is 2. The van der Waals surface area contributed by atoms with Crippen LogP contribution in [-0.2, 0) is 14.3 Å². The number of likely N-dealkylation sites (tertiary alicyclic amines) is 1. The van der Waals surface area contributed by atoms with E-state index in [0.29, 0.717) is 6.54 Å². The van der Waals surface area contributed by atoms with Gasteiger partial charge in [0.25, 0.3) is 0 Å². The lowest BCUT2D eigenvalue weighted by atomic mass is 9.97. The van der Waals surface area contributed by atoms with E-state index >= 15 is 0 Å². The summed E-state index contributed by atoms with van der Waals surface area (Å²) in [6.07, 6.45) is 2.14. The molecule has 1 aromatic carbocycles. The first-order valence-corrected chi connectivity index (χ1v) is 8.29. The van der Waals surface area contributed by atoms with Crippen molar-refractivity contribution in [3.8, 4) is 0 Å². The fourth-order valence-corrected chi connectivity index (χ4v) is 3.72. The summed E-state index contributed by atoms with van der Waals surface area (Å²) in [6.45, 7) is 6.72. The molecule has 0 bridgehead atoms. The average Bonchev–Trinajstić information content (AvgIpc) is 3.10. The molecule has 2 saturated heterocycles. The third-order valence-corrected chi connectivity index (χ3v) is 4.95. The van der Waals surface area contributed by atoms with Crippen LogP contribution in [0.3, 0.4) is 0 Å². The van der Waals surface area contributed by atoms with Crippen molar-refractivity contribution in [1.82, 2.24) is 4.90 Å². The van der Waals surface area contributed by atoms with E-state index < -0.39 is 0 Å². The monoisotopic (exact) mass is 318 g/mol. The number of methoxy groups -OCH3 is 1. The Labute approximate surface area is 137 Å². The lowest BCUT2D eigenvalue weighted by molar-refractivity contribution is -0.117. The molecule has 0 aliphatic carbocycles. The number of nitrogens with zero attached hydrogens (tertiary/aromatic N) is 1. The molecule has 0 unspecified atom stereocenters. The van der Waals surface area contributed by atoms with E-state index in [9.17, 15) is 4.79 Å². The zero-order chi connectivity index (χ0) is 16.4. The van der Waals surface area contributed by atoms with E-state index in [0.717, 1.165) is 49.4 Å². The highest BCUT2D eigenvalue weighted by Crippen LogP contribution is 2.36. The zero-order valence-corrected chi connectivity index (χ0v) is 14.2. The molecular weight excluding hydrogens is 292 g/mol. The summed E-state index contributed by atoms with van der Waals surface area (Å²) in [6, 6.07) is 6.09. The van der Waals surface area contributed by atoms with Gasteiger partial charge in [-0.15, -0.1) is 0 Å². The molecule has 5 nitrogen and oxygen atoms in total. The normalized spacial score (nSPS) is 27.7. The Kier molecular flexibility index (Phi) is 4.71. The molecule has 0 aromatic heterocycles. The molecule has 2 atom stereocenters. The van der Waals surface area contributed by atoms with E-state index in [2.05, 4.69) is 16.3 Å². The highest BCUT2D eigenvalue weighted by Gasteiger charge is 2.50. The molecule has 2 fully saturated rings. The smallest absolute Gasteiger partial charge is 0.238 e. The Bertz CT molecular complexity index is 582. The van der Waals surface area contributed by atoms with Crippen LogP contribution in [0.1, 0.15) is 24.0 Å². The SMILES string of the molecule is CO[C@@H]1CN(CC(=O)Nc2cc(C)ccc2C)C[C@]12CCCO2. The average molecular weight is 318 g/mol. The zero-order valence-electron chi connectivity index (χ0n) is 14.2. The first kappa shape index (κ1) is 16.4. The van der Waals surface area contributed by atoms with E-state index in [1.807, 2.05) is 26.0 Å². The van der Waals surface area contributed by atoms with Gasteiger partial charge in [0.1, 0.15) is 5.60 Å². The van der Waals surface area contributed by atoms with Crippen LogP contribution in [0.15, 0.2) is 18.2 Å². The Morgan fingerprint density at radius 3 is 3.00 bits per heavy atom. The number of benzene rings is 1. The second kappa shape index (κ2) is 6.59. The molecule has 1 spiro atoms. The number of rotatable bonds is 4. The summed E-state index contributed by atoms with van der Waals surface area (Å²) in [5.74, 6) is 0.0172. The van der Waals surface area contributed by atoms with Crippen molar-refractivity contribution in [3.05, 3.63) is 29.3 Å². The van der Waals surface area contributed by atoms with Gasteiger partial charge in [0, 0.05) is 32.5 Å². The second-order valence-corrected chi connectivity index (χ2v) is 6.78. The summed E-state index contributed by atoms with van der Waals surface area (Å²) in [5.41, 5.74) is 2.90. The van der Waals surface area contributed by atoms with E-state index in [4.69, 9.17) is 9.47 Å². The molecule has 2 aliphatic rings. The van der Waals surface area contributed by atoms with E-state index in [1.54, 1.807) is 7.11 Å². The van der Waals surface area contributed by atoms with Crippen LogP contribution < -0.4 is 5.32 Å². The van der Waals surface area contributed by atoms with Gasteiger partial charge in [-0.05, 0) is 43.9 Å². The van der Waals surface area contributed by atoms with Gasteiger partial charge in [-0.1, -0.05) is 12.1 Å². The Morgan fingerprint density at radius 2 is 2.30 bits per heavy atom. The third-order valence-electron chi connectivity index (χ3n) is 4.95. The summed E-state index contributed by atoms with van der Waals surface area (Å²) in [5, 5.41) is 3.03. The molecular formula is C18H26N2O3. The molecule has 0 saturated carbocycles. The summed E-state index contributed by atoms with van der Waals surface area (Å²) < 4.78 is 11.6. The fourth-order valence-electron chi connectivity index (χ4n) is 3.72. The first-order valence-electron chi connectivity index (χ1n) is 8.29. The first-order chi connectivity index (χ1) is 11.0. The Morgan fingerprint density at radius 1 is 1.48 bits per heavy atom. The maximum atomic E-state index is 12.4. The van der Waals surface area contributed by atoms with Crippen molar-refractivity contribution in [2.45, 2.75) is 38.4 Å². The minimum atomic E-state index is -0.214. The van der Waals surface area contributed by atoms with Gasteiger partial charge < -0.3 is 14.8 Å². The van der Waals surface area contributed by atoms with Crippen LogP contribution >= 0.6 is 0 Å². The largest absolute Gasteiger partial charge is 0.377 e. The van der Waals surface area contributed by atoms with Gasteiger partial charge >= 0.3 is 0 Å². The maximum absolute atomic E-state index is 12.4. The van der Waals surface area contributed by atoms with Crippen molar-refractivity contribution in [3.63, 3.8) is 0 Å². The highest BCUT2D eigenvalue weighted by atomic mass is 16.6. The van der Waals surface area contributed by atoms with Crippen LogP contribution in [0.25, 0.3) is 0 Å². The Balaban J connectivity index is 1.61. The molecule has 1 amide bonds. The van der Waals surface area contributed by atoms with Crippen LogP contribution in [0.4, 0.5) is 5.69 Å². The standard InChI is InChI=1S/C18H26N2O3/c1-13-5-6-14(2)15(9-13)19-17(21)11-20-10-16(22-3)18(12-20)7-4-8-23-18/h5-6,9,16H,4,7-8,10-12H2,1-3H3,(H,19,21)/t16-,18-/m1/s1. The van der Waals surface area contributed by atoms with Gasteiger partial charge in [0.05, 0.1) is 12.6 Å². The lowest BCUT2D eigenvalue weighted by Crippen LogP contribution is -2.42. The Hall–Kier alpha value is -1.43. The molecule has 126 valence electrons. The summed E-state index contributed by atoms with van der Waals surface area (Å²) in [4.78, 5) is 14.5. The van der Waals surface area contributed by atoms with E-state index in [1.165, 1.54) is 0 Å². The fraction of sp³-hybridized carbons (Fsp3) is 0.611. The molecule has 1 aromatic rings. The van der Waals surface area contributed by atoms with Gasteiger partial charge in [-0.3, -0.25) is 9.69 Å². The van der Waals surface area contributed by atoms with Crippen LogP contribution in [0.5, 0.6) is 0 Å². The predicted octanol–water partition coefficient (Wildman–Crippen LogP) is 2.12. The predicted molar refractivity (Wildman–Crippen MR) is 89.7 cm³/mol. The van der Waals surface area contributed by atoms with Crippen LogP contribution in [-0.4, -0.2) is 55.9 Å². The van der Waals surface area contributed by atoms with Gasteiger partial charge in [0.15, 0.2) is 0 Å². The number of aryl methyl sites for hydroxylation is 2. The maximum Gasteiger partial charge on any atom is 0.238 e. The lowest BCUT2D eigenvalue weighted by Gasteiger charge is -2.28. The molecule has 23 heavy (non-hydrogen) atoms.